The number of fused-ring (bicyclic) bond motifs is 8. The fraction of sp³-hybridized carbons (Fsp3) is 0.0877. The second kappa shape index (κ2) is 12.8. The largest absolute Gasteiger partial charge is 0.309 e. The van der Waals surface area contributed by atoms with Gasteiger partial charge in [-0.2, -0.15) is 0 Å². The molecule has 1 nitrogen and oxygen atoms in total. The zero-order chi connectivity index (χ0) is 39.2. The van der Waals surface area contributed by atoms with Crippen molar-refractivity contribution in [3.63, 3.8) is 0 Å². The second-order valence-electron chi connectivity index (χ2n) is 16.5. The van der Waals surface area contributed by atoms with Crippen molar-refractivity contribution in [3.8, 4) is 16.8 Å². The lowest BCUT2D eigenvalue weighted by Crippen LogP contribution is -2.29. The van der Waals surface area contributed by atoms with Gasteiger partial charge in [0.1, 0.15) is 0 Å². The lowest BCUT2D eigenvalue weighted by molar-refractivity contribution is 0.661. The molecule has 0 aliphatic heterocycles. The highest BCUT2D eigenvalue weighted by Gasteiger charge is 2.49. The van der Waals surface area contributed by atoms with E-state index in [0.717, 1.165) is 5.69 Å². The maximum Gasteiger partial charge on any atom is 0.0714 e. The van der Waals surface area contributed by atoms with E-state index in [1.807, 2.05) is 6.08 Å². The normalized spacial score (nSPS) is 16.4. The Balaban J connectivity index is 1.26. The van der Waals surface area contributed by atoms with Crippen molar-refractivity contribution in [1.29, 1.82) is 0 Å². The average Bonchev–Trinajstić information content (AvgIpc) is 3.83. The molecular formula is C57H43N. The van der Waals surface area contributed by atoms with Crippen LogP contribution in [0.25, 0.3) is 60.5 Å². The molecule has 8 aromatic carbocycles. The molecule has 1 heteroatoms. The molecule has 1 heterocycles. The molecule has 276 valence electrons. The van der Waals surface area contributed by atoms with Crippen LogP contribution in [0.4, 0.5) is 0 Å². The van der Waals surface area contributed by atoms with Crippen molar-refractivity contribution in [2.45, 2.75) is 31.6 Å². The molecule has 0 N–H and O–H groups in total. The van der Waals surface area contributed by atoms with Gasteiger partial charge in [-0.1, -0.05) is 184 Å². The van der Waals surface area contributed by atoms with Crippen LogP contribution in [0.3, 0.4) is 0 Å². The number of rotatable bonds is 5. The Kier molecular flexibility index (Phi) is 7.56. The Morgan fingerprint density at radius 2 is 1.17 bits per heavy atom. The highest BCUT2D eigenvalue weighted by molar-refractivity contribution is 6.13. The summed E-state index contributed by atoms with van der Waals surface area (Å²) in [7, 11) is 0. The molecule has 0 unspecified atom stereocenters. The van der Waals surface area contributed by atoms with Gasteiger partial charge in [0.15, 0.2) is 0 Å². The van der Waals surface area contributed by atoms with Gasteiger partial charge in [-0.25, -0.2) is 0 Å². The number of para-hydroxylation sites is 1. The fourth-order valence-corrected chi connectivity index (χ4v) is 10.7. The molecule has 2 aliphatic carbocycles. The first kappa shape index (κ1) is 34.3. The summed E-state index contributed by atoms with van der Waals surface area (Å²) in [6.07, 6.45) is 4.25. The van der Waals surface area contributed by atoms with Crippen molar-refractivity contribution in [2.75, 3.05) is 0 Å². The van der Waals surface area contributed by atoms with Crippen LogP contribution in [-0.4, -0.2) is 4.57 Å². The standard InChI is InChI=1S/C57H43N/c1-5-19-50-55(37(2)42-29-18-21-38-20-12-13-26-43(38)42)46-33-32-41(34-52(46)57(50,39-22-8-6-9-23-39)40-24-10-7-11-25-40)58-53-31-17-15-28-45(53)48-35-47-44-27-14-16-30-49(44)56(3,4)51(47)36-54(48)58/h5-36H,1H2,2-4H3/b50-19?,55-37+. The zero-order valence-corrected chi connectivity index (χ0v) is 33.1. The van der Waals surface area contributed by atoms with E-state index in [9.17, 15) is 0 Å². The molecule has 0 fully saturated rings. The molecular weight excluding hydrogens is 699 g/mol. The third-order valence-electron chi connectivity index (χ3n) is 13.3. The summed E-state index contributed by atoms with van der Waals surface area (Å²) in [6.45, 7) is 11.4. The summed E-state index contributed by atoms with van der Waals surface area (Å²) in [5.74, 6) is 0. The van der Waals surface area contributed by atoms with E-state index in [4.69, 9.17) is 0 Å². The summed E-state index contributed by atoms with van der Waals surface area (Å²) >= 11 is 0. The highest BCUT2D eigenvalue weighted by atomic mass is 15.0. The predicted molar refractivity (Wildman–Crippen MR) is 246 cm³/mol. The molecule has 0 atom stereocenters. The van der Waals surface area contributed by atoms with E-state index < -0.39 is 5.41 Å². The predicted octanol–water partition coefficient (Wildman–Crippen LogP) is 14.6. The number of aromatic nitrogens is 1. The molecule has 58 heavy (non-hydrogen) atoms. The Bertz CT molecular complexity index is 3160. The van der Waals surface area contributed by atoms with Gasteiger partial charge < -0.3 is 4.57 Å². The van der Waals surface area contributed by atoms with Crippen LogP contribution in [-0.2, 0) is 10.8 Å². The van der Waals surface area contributed by atoms with Crippen LogP contribution in [0.2, 0.25) is 0 Å². The van der Waals surface area contributed by atoms with Crippen LogP contribution in [0.15, 0.2) is 206 Å². The molecule has 2 aliphatic rings. The summed E-state index contributed by atoms with van der Waals surface area (Å²) in [6, 6.07) is 67.7. The zero-order valence-electron chi connectivity index (χ0n) is 33.1. The minimum atomic E-state index is -0.618. The molecule has 0 saturated heterocycles. The minimum Gasteiger partial charge on any atom is -0.309 e. The van der Waals surface area contributed by atoms with Crippen molar-refractivity contribution in [1.82, 2.24) is 4.57 Å². The third-order valence-corrected chi connectivity index (χ3v) is 13.3. The van der Waals surface area contributed by atoms with E-state index in [1.165, 1.54) is 99.4 Å². The molecule has 1 aromatic heterocycles. The van der Waals surface area contributed by atoms with Crippen molar-refractivity contribution in [3.05, 3.63) is 245 Å². The van der Waals surface area contributed by atoms with Crippen LogP contribution in [0.5, 0.6) is 0 Å². The summed E-state index contributed by atoms with van der Waals surface area (Å²) in [5, 5.41) is 5.04. The van der Waals surface area contributed by atoms with Gasteiger partial charge in [-0.3, -0.25) is 0 Å². The van der Waals surface area contributed by atoms with Gasteiger partial charge in [0.05, 0.1) is 16.4 Å². The van der Waals surface area contributed by atoms with Gasteiger partial charge >= 0.3 is 0 Å². The lowest BCUT2D eigenvalue weighted by Gasteiger charge is -2.34. The van der Waals surface area contributed by atoms with Gasteiger partial charge in [0, 0.05) is 21.9 Å². The van der Waals surface area contributed by atoms with Crippen molar-refractivity contribution >= 4 is 43.7 Å². The van der Waals surface area contributed by atoms with E-state index >= 15 is 0 Å². The monoisotopic (exact) mass is 741 g/mol. The average molecular weight is 742 g/mol. The molecule has 0 spiro atoms. The third kappa shape index (κ3) is 4.65. The van der Waals surface area contributed by atoms with Crippen LogP contribution < -0.4 is 0 Å². The summed E-state index contributed by atoms with van der Waals surface area (Å²) in [4.78, 5) is 0. The first-order valence-electron chi connectivity index (χ1n) is 20.4. The molecule has 11 rings (SSSR count). The number of nitrogens with zero attached hydrogens (tertiary/aromatic N) is 1. The maximum atomic E-state index is 4.33. The molecule has 0 saturated carbocycles. The Hall–Kier alpha value is -6.96. The van der Waals surface area contributed by atoms with Crippen LogP contribution in [0.1, 0.15) is 59.7 Å². The van der Waals surface area contributed by atoms with E-state index in [2.05, 4.69) is 220 Å². The number of benzene rings is 8. The smallest absolute Gasteiger partial charge is 0.0714 e. The van der Waals surface area contributed by atoms with Gasteiger partial charge in [0.2, 0.25) is 0 Å². The van der Waals surface area contributed by atoms with Gasteiger partial charge in [0.25, 0.3) is 0 Å². The maximum absolute atomic E-state index is 4.33. The Morgan fingerprint density at radius 1 is 0.517 bits per heavy atom. The first-order valence-corrected chi connectivity index (χ1v) is 20.4. The van der Waals surface area contributed by atoms with E-state index in [-0.39, 0.29) is 5.41 Å². The number of hydrogen-bond donors (Lipinski definition) is 0. The lowest BCUT2D eigenvalue weighted by atomic mass is 9.67. The van der Waals surface area contributed by atoms with E-state index in [0.29, 0.717) is 0 Å². The molecule has 0 bridgehead atoms. The Morgan fingerprint density at radius 3 is 1.93 bits per heavy atom. The summed E-state index contributed by atoms with van der Waals surface area (Å²) < 4.78 is 2.52. The first-order chi connectivity index (χ1) is 28.4. The number of allylic oxidation sites excluding steroid dienone is 5. The van der Waals surface area contributed by atoms with Crippen LogP contribution in [0, 0.1) is 0 Å². The summed E-state index contributed by atoms with van der Waals surface area (Å²) in [5.41, 5.74) is 18.3. The highest BCUT2D eigenvalue weighted by Crippen LogP contribution is 2.60. The van der Waals surface area contributed by atoms with Gasteiger partial charge in [-0.15, -0.1) is 0 Å². The fourth-order valence-electron chi connectivity index (χ4n) is 10.7. The quantitative estimate of drug-likeness (QED) is 0.166. The molecule has 0 amide bonds. The van der Waals surface area contributed by atoms with Crippen molar-refractivity contribution in [2.24, 2.45) is 0 Å². The second-order valence-corrected chi connectivity index (χ2v) is 16.5. The molecule has 9 aromatic rings. The minimum absolute atomic E-state index is 0.113. The molecule has 0 radical (unpaired) electrons. The van der Waals surface area contributed by atoms with Crippen molar-refractivity contribution < 1.29 is 0 Å². The van der Waals surface area contributed by atoms with E-state index in [1.54, 1.807) is 0 Å². The Labute approximate surface area is 340 Å². The SMILES string of the molecule is C=CC=C1/C(=C(\C)c2cccc3ccccc23)c2ccc(-n3c4ccccc4c4cc5c(cc43)C(C)(C)c3ccccc3-5)cc2C1(c1ccccc1)c1ccccc1. The number of hydrogen-bond acceptors (Lipinski definition) is 0. The van der Waals surface area contributed by atoms with Crippen LogP contribution >= 0.6 is 0 Å². The van der Waals surface area contributed by atoms with Gasteiger partial charge in [-0.05, 0) is 115 Å². The topological polar surface area (TPSA) is 4.93 Å².